The Kier molecular flexibility index (Phi) is 8.55. The van der Waals surface area contributed by atoms with E-state index in [-0.39, 0.29) is 17.9 Å². The van der Waals surface area contributed by atoms with Crippen molar-refractivity contribution in [3.63, 3.8) is 0 Å². The fourth-order valence-electron chi connectivity index (χ4n) is 2.57. The van der Waals surface area contributed by atoms with Gasteiger partial charge in [0.15, 0.2) is 0 Å². The van der Waals surface area contributed by atoms with E-state index in [1.165, 1.54) is 7.11 Å². The summed E-state index contributed by atoms with van der Waals surface area (Å²) < 4.78 is 10.1. The van der Waals surface area contributed by atoms with Gasteiger partial charge in [-0.1, -0.05) is 0 Å². The number of thioether (sulfide) groups is 1. The molecule has 0 aromatic rings. The topological polar surface area (TPSA) is 84.9 Å². The van der Waals surface area contributed by atoms with E-state index < -0.39 is 17.6 Å². The highest BCUT2D eigenvalue weighted by atomic mass is 32.2. The summed E-state index contributed by atoms with van der Waals surface area (Å²) in [6, 6.07) is -0.617. The van der Waals surface area contributed by atoms with E-state index in [1.807, 2.05) is 27.0 Å². The molecule has 7 nitrogen and oxygen atoms in total. The Labute approximate surface area is 154 Å². The Morgan fingerprint density at radius 3 is 2.32 bits per heavy atom. The molecule has 0 bridgehead atoms. The van der Waals surface area contributed by atoms with Crippen LogP contribution in [0.2, 0.25) is 0 Å². The van der Waals surface area contributed by atoms with Crippen LogP contribution in [0.5, 0.6) is 0 Å². The Morgan fingerprint density at radius 1 is 1.24 bits per heavy atom. The fourth-order valence-corrected chi connectivity index (χ4v) is 3.04. The van der Waals surface area contributed by atoms with Gasteiger partial charge in [-0.15, -0.1) is 0 Å². The van der Waals surface area contributed by atoms with Crippen LogP contribution in [0.1, 0.15) is 40.0 Å². The smallest absolute Gasteiger partial charge is 0.410 e. The van der Waals surface area contributed by atoms with Crippen molar-refractivity contribution in [2.75, 3.05) is 32.2 Å². The van der Waals surface area contributed by atoms with Crippen molar-refractivity contribution >= 4 is 29.7 Å². The van der Waals surface area contributed by atoms with Crippen molar-refractivity contribution in [3.8, 4) is 0 Å². The molecular formula is C17H30N2O5S. The van der Waals surface area contributed by atoms with E-state index in [0.717, 1.165) is 5.75 Å². The predicted octanol–water partition coefficient (Wildman–Crippen LogP) is 2.04. The lowest BCUT2D eigenvalue weighted by Gasteiger charge is -2.33. The molecule has 8 heteroatoms. The van der Waals surface area contributed by atoms with E-state index in [1.54, 1.807) is 16.7 Å². The van der Waals surface area contributed by atoms with Crippen molar-refractivity contribution in [3.05, 3.63) is 0 Å². The number of carbonyl (C=O) groups excluding carboxylic acids is 3. The first-order valence-corrected chi connectivity index (χ1v) is 9.92. The summed E-state index contributed by atoms with van der Waals surface area (Å²) in [6.45, 7) is 6.42. The number of esters is 1. The molecule has 0 saturated carbocycles. The van der Waals surface area contributed by atoms with Gasteiger partial charge in [-0.3, -0.25) is 4.79 Å². The third kappa shape index (κ3) is 7.54. The van der Waals surface area contributed by atoms with Crippen LogP contribution in [0, 0.1) is 5.92 Å². The van der Waals surface area contributed by atoms with Gasteiger partial charge in [-0.2, -0.15) is 11.8 Å². The summed E-state index contributed by atoms with van der Waals surface area (Å²) in [5.41, 5.74) is -0.531. The molecule has 0 aliphatic carbocycles. The quantitative estimate of drug-likeness (QED) is 0.716. The monoisotopic (exact) mass is 374 g/mol. The number of amides is 2. The van der Waals surface area contributed by atoms with Crippen molar-refractivity contribution in [1.29, 1.82) is 0 Å². The minimum Gasteiger partial charge on any atom is -0.467 e. The predicted molar refractivity (Wildman–Crippen MR) is 97.5 cm³/mol. The first-order chi connectivity index (χ1) is 11.7. The third-order valence-corrected chi connectivity index (χ3v) is 4.57. The number of methoxy groups -OCH3 is 1. The third-order valence-electron chi connectivity index (χ3n) is 3.93. The van der Waals surface area contributed by atoms with Crippen molar-refractivity contribution in [2.45, 2.75) is 51.7 Å². The molecule has 1 N–H and O–H groups in total. The lowest BCUT2D eigenvalue weighted by molar-refractivity contribution is -0.145. The van der Waals surface area contributed by atoms with Crippen molar-refractivity contribution < 1.29 is 23.9 Å². The fraction of sp³-hybridized carbons (Fsp3) is 0.824. The van der Waals surface area contributed by atoms with Crippen LogP contribution >= 0.6 is 11.8 Å². The molecule has 0 aromatic carbocycles. The molecule has 1 heterocycles. The average molecular weight is 375 g/mol. The largest absolute Gasteiger partial charge is 0.467 e. The molecular weight excluding hydrogens is 344 g/mol. The second-order valence-electron chi connectivity index (χ2n) is 7.11. The number of ether oxygens (including phenoxy) is 2. The van der Waals surface area contributed by atoms with Gasteiger partial charge in [0, 0.05) is 19.0 Å². The summed E-state index contributed by atoms with van der Waals surface area (Å²) in [6.07, 6.45) is 3.25. The number of hydrogen-bond acceptors (Lipinski definition) is 6. The Balaban J connectivity index is 2.51. The van der Waals surface area contributed by atoms with Gasteiger partial charge in [-0.25, -0.2) is 9.59 Å². The summed E-state index contributed by atoms with van der Waals surface area (Å²) >= 11 is 1.61. The van der Waals surface area contributed by atoms with Crippen LogP contribution in [-0.4, -0.2) is 66.7 Å². The zero-order valence-electron chi connectivity index (χ0n) is 15.8. The van der Waals surface area contributed by atoms with Gasteiger partial charge in [0.2, 0.25) is 5.91 Å². The minimum absolute atomic E-state index is 0.152. The van der Waals surface area contributed by atoms with Crippen LogP contribution in [0.25, 0.3) is 0 Å². The number of piperidine rings is 1. The molecule has 0 spiro atoms. The first kappa shape index (κ1) is 21.6. The summed E-state index contributed by atoms with van der Waals surface area (Å²) in [4.78, 5) is 37.9. The molecule has 1 rings (SSSR count). The van der Waals surface area contributed by atoms with E-state index in [2.05, 4.69) is 5.32 Å². The van der Waals surface area contributed by atoms with Crippen molar-refractivity contribution in [1.82, 2.24) is 10.2 Å². The van der Waals surface area contributed by atoms with Crippen LogP contribution in [0.4, 0.5) is 4.79 Å². The number of carbonyl (C=O) groups is 3. The molecule has 1 atom stereocenters. The van der Waals surface area contributed by atoms with Gasteiger partial charge >= 0.3 is 12.1 Å². The number of likely N-dealkylation sites (tertiary alicyclic amines) is 1. The van der Waals surface area contributed by atoms with Crippen LogP contribution in [0.3, 0.4) is 0 Å². The zero-order valence-corrected chi connectivity index (χ0v) is 16.6. The number of nitrogens with zero attached hydrogens (tertiary/aromatic N) is 1. The molecule has 0 unspecified atom stereocenters. The second-order valence-corrected chi connectivity index (χ2v) is 8.09. The highest BCUT2D eigenvalue weighted by molar-refractivity contribution is 7.98. The highest BCUT2D eigenvalue weighted by Crippen LogP contribution is 2.20. The van der Waals surface area contributed by atoms with Gasteiger partial charge < -0.3 is 19.7 Å². The highest BCUT2D eigenvalue weighted by Gasteiger charge is 2.31. The average Bonchev–Trinajstić information content (AvgIpc) is 2.56. The van der Waals surface area contributed by atoms with E-state index in [4.69, 9.17) is 9.47 Å². The molecule has 1 saturated heterocycles. The normalized spacial score (nSPS) is 16.9. The summed E-state index contributed by atoms with van der Waals surface area (Å²) in [5, 5.41) is 2.79. The molecule has 25 heavy (non-hydrogen) atoms. The standard InChI is InChI=1S/C17H30N2O5S/c1-17(2,3)24-16(22)19-9-6-12(7-10-19)14(20)18-13(8-11-25-5)15(21)23-4/h12-13H,6-11H2,1-5H3,(H,18,20)/t13-/m0/s1. The SMILES string of the molecule is COC(=O)[C@H](CCSC)NC(=O)C1CCN(C(=O)OC(C)(C)C)CC1. The van der Waals surface area contributed by atoms with E-state index >= 15 is 0 Å². The molecule has 2 amide bonds. The minimum atomic E-state index is -0.617. The lowest BCUT2D eigenvalue weighted by atomic mass is 9.95. The Morgan fingerprint density at radius 2 is 1.84 bits per heavy atom. The molecule has 1 aliphatic rings. The molecule has 144 valence electrons. The molecule has 1 fully saturated rings. The number of nitrogens with one attached hydrogen (secondary N) is 1. The first-order valence-electron chi connectivity index (χ1n) is 8.53. The van der Waals surface area contributed by atoms with Gasteiger partial charge in [0.25, 0.3) is 0 Å². The lowest BCUT2D eigenvalue weighted by Crippen LogP contribution is -2.48. The maximum absolute atomic E-state index is 12.4. The van der Waals surface area contributed by atoms with E-state index in [9.17, 15) is 14.4 Å². The molecule has 1 aliphatic heterocycles. The van der Waals surface area contributed by atoms with E-state index in [0.29, 0.717) is 32.4 Å². The number of rotatable bonds is 6. The summed E-state index contributed by atoms with van der Waals surface area (Å²) in [7, 11) is 1.32. The zero-order chi connectivity index (χ0) is 19.0. The number of hydrogen-bond donors (Lipinski definition) is 1. The van der Waals surface area contributed by atoms with Crippen LogP contribution in [0.15, 0.2) is 0 Å². The molecule has 0 aromatic heterocycles. The van der Waals surface area contributed by atoms with Crippen LogP contribution < -0.4 is 5.32 Å². The molecule has 0 radical (unpaired) electrons. The Hall–Kier alpha value is -1.44. The van der Waals surface area contributed by atoms with Gasteiger partial charge in [0.1, 0.15) is 11.6 Å². The van der Waals surface area contributed by atoms with Crippen LogP contribution in [-0.2, 0) is 19.1 Å². The second kappa shape index (κ2) is 9.89. The Bertz CT molecular complexity index is 470. The van der Waals surface area contributed by atoms with Crippen molar-refractivity contribution in [2.24, 2.45) is 5.92 Å². The van der Waals surface area contributed by atoms with Gasteiger partial charge in [0.05, 0.1) is 7.11 Å². The van der Waals surface area contributed by atoms with Gasteiger partial charge in [-0.05, 0) is 52.0 Å². The maximum atomic E-state index is 12.4. The summed E-state index contributed by atoms with van der Waals surface area (Å²) in [5.74, 6) is -0.0222. The maximum Gasteiger partial charge on any atom is 0.410 e.